The normalized spacial score (nSPS) is 10.0. The molecule has 40 valence electrons. The summed E-state index contributed by atoms with van der Waals surface area (Å²) in [5.74, 6) is 0. The average molecular weight is 127 g/mol. The Morgan fingerprint density at radius 2 is 1.50 bits per heavy atom. The molecule has 0 fully saturated rings. The zero-order valence-electron chi connectivity index (χ0n) is 4.49. The highest BCUT2D eigenvalue weighted by Gasteiger charge is 1.79. The first-order chi connectivity index (χ1) is 2.27. The molecule has 0 N–H and O–H groups in total. The van der Waals surface area contributed by atoms with Crippen LogP contribution in [0.5, 0.6) is 0 Å². The second-order valence-electron chi connectivity index (χ2n) is 1.44. The first-order valence-electron chi connectivity index (χ1n) is 1.94. The van der Waals surface area contributed by atoms with Gasteiger partial charge in [-0.2, -0.15) is 0 Å². The van der Waals surface area contributed by atoms with Crippen molar-refractivity contribution in [2.45, 2.75) is 19.5 Å². The number of hydrogen-bond acceptors (Lipinski definition) is 0. The zero-order chi connectivity index (χ0) is 4.28. The first-order valence-corrected chi connectivity index (χ1v) is 3.52. The van der Waals surface area contributed by atoms with Crippen LogP contribution < -0.4 is 0 Å². The molecule has 0 heterocycles. The molecule has 1 unspecified atom stereocenters. The Bertz CT molecular complexity index is 21.5. The topological polar surface area (TPSA) is 0 Å². The van der Waals surface area contributed by atoms with E-state index in [9.17, 15) is 0 Å². The second kappa shape index (κ2) is 5.72. The molecule has 0 nitrogen and oxygen atoms in total. The Hall–Kier alpha value is 0.720. The Morgan fingerprint density at radius 3 is 1.50 bits per heavy atom. The van der Waals surface area contributed by atoms with E-state index in [1.807, 2.05) is 0 Å². The van der Waals surface area contributed by atoms with Crippen molar-refractivity contribution in [3.8, 4) is 0 Å². The van der Waals surface area contributed by atoms with E-state index in [4.69, 9.17) is 0 Å². The average Bonchev–Trinajstić information content (AvgIpc) is 1.38. The predicted molar refractivity (Wildman–Crippen MR) is 36.6 cm³/mol. The summed E-state index contributed by atoms with van der Waals surface area (Å²) in [5.41, 5.74) is 0.912. The molecule has 0 radical (unpaired) electrons. The fraction of sp³-hybridized carbons (Fsp3) is 1.00. The Labute approximate surface area is 47.9 Å². The minimum atomic E-state index is 0. The Kier molecular flexibility index (Phi) is 9.41. The van der Waals surface area contributed by atoms with Crippen molar-refractivity contribution in [1.29, 1.82) is 0 Å². The molecule has 0 saturated carbocycles. The van der Waals surface area contributed by atoms with Crippen molar-refractivity contribution in [3.05, 3.63) is 0 Å². The largest absolute Gasteiger partial charge is 0.147 e. The van der Waals surface area contributed by atoms with Gasteiger partial charge in [-0.05, 0) is 12.3 Å². The number of rotatable bonds is 1. The summed E-state index contributed by atoms with van der Waals surface area (Å²) >= 11 is 0. The van der Waals surface area contributed by atoms with Crippen LogP contribution in [-0.2, 0) is 0 Å². The molecule has 0 saturated heterocycles. The van der Waals surface area contributed by atoms with E-state index in [0.29, 0.717) is 0 Å². The summed E-state index contributed by atoms with van der Waals surface area (Å²) < 4.78 is 0. The summed E-state index contributed by atoms with van der Waals surface area (Å²) in [4.78, 5) is 0. The lowest BCUT2D eigenvalue weighted by atomic mass is 10.6. The Balaban J connectivity index is 0. The lowest BCUT2D eigenvalue weighted by Crippen LogP contribution is -1.76. The molecular formula is C4H12ClP. The van der Waals surface area contributed by atoms with Crippen molar-refractivity contribution in [2.75, 3.05) is 6.66 Å². The van der Waals surface area contributed by atoms with Crippen LogP contribution in [0.4, 0.5) is 0 Å². The van der Waals surface area contributed by atoms with E-state index in [1.165, 1.54) is 0 Å². The summed E-state index contributed by atoms with van der Waals surface area (Å²) in [7, 11) is 1.11. The minimum Gasteiger partial charge on any atom is -0.147 e. The van der Waals surface area contributed by atoms with Gasteiger partial charge >= 0.3 is 0 Å². The van der Waals surface area contributed by atoms with Gasteiger partial charge in [-0.1, -0.05) is 13.8 Å². The Morgan fingerprint density at radius 1 is 1.33 bits per heavy atom. The minimum absolute atomic E-state index is 0. The van der Waals surface area contributed by atoms with Gasteiger partial charge in [0.1, 0.15) is 0 Å². The third kappa shape index (κ3) is 8.83. The van der Waals surface area contributed by atoms with Crippen LogP contribution in [0, 0.1) is 0 Å². The molecule has 0 rings (SSSR count). The van der Waals surface area contributed by atoms with E-state index in [-0.39, 0.29) is 12.4 Å². The first kappa shape index (κ1) is 9.87. The van der Waals surface area contributed by atoms with E-state index in [0.717, 1.165) is 14.2 Å². The van der Waals surface area contributed by atoms with E-state index >= 15 is 0 Å². The molecule has 0 amide bonds. The lowest BCUT2D eigenvalue weighted by molar-refractivity contribution is 1.11. The van der Waals surface area contributed by atoms with Gasteiger partial charge in [0.25, 0.3) is 0 Å². The molecule has 0 aliphatic rings. The quantitative estimate of drug-likeness (QED) is 0.472. The lowest BCUT2D eigenvalue weighted by Gasteiger charge is -1.91. The zero-order valence-corrected chi connectivity index (χ0v) is 6.30. The summed E-state index contributed by atoms with van der Waals surface area (Å²) in [5, 5.41) is 0. The smallest absolute Gasteiger partial charge is 0.0296 e. The molecule has 6 heavy (non-hydrogen) atoms. The van der Waals surface area contributed by atoms with Crippen LogP contribution in [0.25, 0.3) is 0 Å². The molecule has 0 spiro atoms. The summed E-state index contributed by atoms with van der Waals surface area (Å²) in [6.07, 6.45) is 0. The van der Waals surface area contributed by atoms with Gasteiger partial charge in [-0.15, -0.1) is 21.0 Å². The second-order valence-corrected chi connectivity index (χ2v) is 3.18. The highest BCUT2D eigenvalue weighted by molar-refractivity contribution is 7.37. The summed E-state index contributed by atoms with van der Waals surface area (Å²) in [6, 6.07) is 0. The third-order valence-corrected chi connectivity index (χ3v) is 1.73. The molecule has 0 bridgehead atoms. The van der Waals surface area contributed by atoms with Gasteiger partial charge in [0, 0.05) is 0 Å². The van der Waals surface area contributed by atoms with Crippen molar-refractivity contribution in [1.82, 2.24) is 0 Å². The molecule has 1 atom stereocenters. The van der Waals surface area contributed by atoms with Crippen LogP contribution in [-0.4, -0.2) is 12.3 Å². The van der Waals surface area contributed by atoms with Gasteiger partial charge in [0.05, 0.1) is 0 Å². The molecular weight excluding hydrogens is 114 g/mol. The van der Waals surface area contributed by atoms with Gasteiger partial charge in [0.2, 0.25) is 0 Å². The van der Waals surface area contributed by atoms with Crippen molar-refractivity contribution < 1.29 is 0 Å². The SMILES string of the molecule is CPC(C)C.Cl. The van der Waals surface area contributed by atoms with E-state index < -0.39 is 0 Å². The highest BCUT2D eigenvalue weighted by Crippen LogP contribution is 2.09. The maximum absolute atomic E-state index is 2.23. The van der Waals surface area contributed by atoms with Crippen LogP contribution in [0.15, 0.2) is 0 Å². The van der Waals surface area contributed by atoms with Crippen LogP contribution in [0.2, 0.25) is 0 Å². The predicted octanol–water partition coefficient (Wildman–Crippen LogP) is 2.12. The van der Waals surface area contributed by atoms with Crippen LogP contribution >= 0.6 is 21.0 Å². The molecule has 0 aromatic carbocycles. The van der Waals surface area contributed by atoms with Gasteiger partial charge in [0.15, 0.2) is 0 Å². The van der Waals surface area contributed by atoms with E-state index in [1.54, 1.807) is 0 Å². The van der Waals surface area contributed by atoms with Crippen molar-refractivity contribution in [2.24, 2.45) is 0 Å². The summed E-state index contributed by atoms with van der Waals surface area (Å²) in [6.45, 7) is 6.70. The van der Waals surface area contributed by atoms with Crippen LogP contribution in [0.3, 0.4) is 0 Å². The van der Waals surface area contributed by atoms with E-state index in [2.05, 4.69) is 20.5 Å². The molecule has 0 aromatic heterocycles. The maximum atomic E-state index is 2.23. The van der Waals surface area contributed by atoms with Crippen LogP contribution in [0.1, 0.15) is 13.8 Å². The van der Waals surface area contributed by atoms with Gasteiger partial charge < -0.3 is 0 Å². The molecule has 0 aromatic rings. The van der Waals surface area contributed by atoms with Crippen molar-refractivity contribution in [3.63, 3.8) is 0 Å². The van der Waals surface area contributed by atoms with Crippen molar-refractivity contribution >= 4 is 21.0 Å². The molecule has 2 heteroatoms. The molecule has 0 aliphatic carbocycles. The number of hydrogen-bond donors (Lipinski definition) is 0. The maximum Gasteiger partial charge on any atom is -0.0296 e. The standard InChI is InChI=1S/C4H11P.ClH/c1-4(2)5-3;/h4-5H,1-3H3;1H. The van der Waals surface area contributed by atoms with Gasteiger partial charge in [-0.25, -0.2) is 0 Å². The van der Waals surface area contributed by atoms with Gasteiger partial charge in [-0.3, -0.25) is 0 Å². The fourth-order valence-corrected chi connectivity index (χ4v) is 0. The highest BCUT2D eigenvalue weighted by atomic mass is 35.5. The molecule has 0 aliphatic heterocycles. The monoisotopic (exact) mass is 126 g/mol. The fourth-order valence-electron chi connectivity index (χ4n) is 0. The number of halogens is 1. The third-order valence-electron chi connectivity index (χ3n) is 0.577.